The van der Waals surface area contributed by atoms with Gasteiger partial charge in [0.2, 0.25) is 0 Å². The number of nitrogens with zero attached hydrogens (tertiary/aromatic N) is 1. The lowest BCUT2D eigenvalue weighted by Gasteiger charge is -2.36. The van der Waals surface area contributed by atoms with Gasteiger partial charge in [-0.15, -0.1) is 0 Å². The van der Waals surface area contributed by atoms with Gasteiger partial charge in [-0.2, -0.15) is 8.78 Å². The SMILES string of the molecule is CC(N)C1CCCN(CC(F)(F)c2ccccc2)C1. The van der Waals surface area contributed by atoms with Gasteiger partial charge in [0.15, 0.2) is 0 Å². The fourth-order valence-electron chi connectivity index (χ4n) is 2.72. The van der Waals surface area contributed by atoms with Gasteiger partial charge in [0, 0.05) is 18.2 Å². The topological polar surface area (TPSA) is 29.3 Å². The molecule has 2 nitrogen and oxygen atoms in total. The Bertz CT molecular complexity index is 392. The van der Waals surface area contributed by atoms with Gasteiger partial charge in [0.05, 0.1) is 6.54 Å². The van der Waals surface area contributed by atoms with Gasteiger partial charge in [0.25, 0.3) is 5.92 Å². The molecular weight excluding hydrogens is 246 g/mol. The van der Waals surface area contributed by atoms with Crippen molar-refractivity contribution in [1.82, 2.24) is 4.90 Å². The first-order valence-electron chi connectivity index (χ1n) is 6.90. The van der Waals surface area contributed by atoms with Gasteiger partial charge in [-0.3, -0.25) is 4.90 Å². The van der Waals surface area contributed by atoms with Crippen LogP contribution < -0.4 is 5.73 Å². The van der Waals surface area contributed by atoms with Crippen LogP contribution in [0.15, 0.2) is 30.3 Å². The van der Waals surface area contributed by atoms with Crippen molar-refractivity contribution >= 4 is 0 Å². The van der Waals surface area contributed by atoms with Crippen LogP contribution in [0, 0.1) is 5.92 Å². The summed E-state index contributed by atoms with van der Waals surface area (Å²) in [5.41, 5.74) is 5.99. The summed E-state index contributed by atoms with van der Waals surface area (Å²) < 4.78 is 28.4. The molecule has 2 N–H and O–H groups in total. The Morgan fingerprint density at radius 1 is 1.37 bits per heavy atom. The summed E-state index contributed by atoms with van der Waals surface area (Å²) in [5, 5.41) is 0. The van der Waals surface area contributed by atoms with E-state index in [2.05, 4.69) is 0 Å². The quantitative estimate of drug-likeness (QED) is 0.910. The summed E-state index contributed by atoms with van der Waals surface area (Å²) in [6.45, 7) is 3.18. The molecule has 0 radical (unpaired) electrons. The number of hydrogen-bond acceptors (Lipinski definition) is 2. The molecule has 2 unspecified atom stereocenters. The van der Waals surface area contributed by atoms with Crippen LogP contribution in [0.5, 0.6) is 0 Å². The van der Waals surface area contributed by atoms with Gasteiger partial charge in [0.1, 0.15) is 0 Å². The molecular formula is C15H22F2N2. The third kappa shape index (κ3) is 3.74. The van der Waals surface area contributed by atoms with Gasteiger partial charge < -0.3 is 5.73 Å². The van der Waals surface area contributed by atoms with Crippen LogP contribution >= 0.6 is 0 Å². The largest absolute Gasteiger partial charge is 0.328 e. The van der Waals surface area contributed by atoms with Gasteiger partial charge >= 0.3 is 0 Å². The Morgan fingerprint density at radius 2 is 2.05 bits per heavy atom. The van der Waals surface area contributed by atoms with E-state index in [1.165, 1.54) is 12.1 Å². The molecule has 1 fully saturated rings. The number of alkyl halides is 2. The van der Waals surface area contributed by atoms with E-state index in [1.54, 1.807) is 18.2 Å². The molecule has 106 valence electrons. The van der Waals surface area contributed by atoms with E-state index >= 15 is 0 Å². The summed E-state index contributed by atoms with van der Waals surface area (Å²) in [4.78, 5) is 1.85. The number of halogens is 2. The number of likely N-dealkylation sites (tertiary alicyclic amines) is 1. The maximum Gasteiger partial charge on any atom is 0.285 e. The van der Waals surface area contributed by atoms with Crippen molar-refractivity contribution < 1.29 is 8.78 Å². The third-order valence-corrected chi connectivity index (χ3v) is 3.90. The van der Waals surface area contributed by atoms with Crippen molar-refractivity contribution in [3.8, 4) is 0 Å². The molecule has 0 aliphatic carbocycles. The van der Waals surface area contributed by atoms with E-state index in [4.69, 9.17) is 5.73 Å². The number of piperidine rings is 1. The molecule has 2 rings (SSSR count). The highest BCUT2D eigenvalue weighted by molar-refractivity contribution is 5.20. The van der Waals surface area contributed by atoms with Crippen molar-refractivity contribution in [2.45, 2.75) is 31.7 Å². The normalized spacial score (nSPS) is 23.3. The fourth-order valence-corrected chi connectivity index (χ4v) is 2.72. The lowest BCUT2D eigenvalue weighted by molar-refractivity contribution is -0.0472. The smallest absolute Gasteiger partial charge is 0.285 e. The number of benzene rings is 1. The maximum atomic E-state index is 14.2. The second-order valence-electron chi connectivity index (χ2n) is 5.57. The molecule has 2 atom stereocenters. The molecule has 1 aliphatic heterocycles. The summed E-state index contributed by atoms with van der Waals surface area (Å²) in [7, 11) is 0. The minimum absolute atomic E-state index is 0.0770. The Kier molecular flexibility index (Phi) is 4.53. The molecule has 1 aromatic rings. The Balaban J connectivity index is 2.00. The van der Waals surface area contributed by atoms with Crippen LogP contribution in [0.25, 0.3) is 0 Å². The molecule has 1 aliphatic rings. The molecule has 1 aromatic carbocycles. The van der Waals surface area contributed by atoms with E-state index < -0.39 is 5.92 Å². The summed E-state index contributed by atoms with van der Waals surface area (Å²) >= 11 is 0. The first-order chi connectivity index (χ1) is 8.99. The van der Waals surface area contributed by atoms with Crippen molar-refractivity contribution in [2.24, 2.45) is 11.7 Å². The zero-order valence-electron chi connectivity index (χ0n) is 11.4. The van der Waals surface area contributed by atoms with Gasteiger partial charge in [-0.1, -0.05) is 30.3 Å². The molecule has 0 spiro atoms. The maximum absolute atomic E-state index is 14.2. The lowest BCUT2D eigenvalue weighted by Crippen LogP contribution is -2.46. The minimum atomic E-state index is -2.79. The highest BCUT2D eigenvalue weighted by Crippen LogP contribution is 2.30. The van der Waals surface area contributed by atoms with Crippen molar-refractivity contribution in [3.05, 3.63) is 35.9 Å². The zero-order valence-corrected chi connectivity index (χ0v) is 11.4. The average Bonchev–Trinajstić information content (AvgIpc) is 2.39. The van der Waals surface area contributed by atoms with Crippen LogP contribution in [-0.4, -0.2) is 30.6 Å². The van der Waals surface area contributed by atoms with Crippen LogP contribution in [0.4, 0.5) is 8.78 Å². The number of hydrogen-bond donors (Lipinski definition) is 1. The molecule has 0 amide bonds. The monoisotopic (exact) mass is 268 g/mol. The van der Waals surface area contributed by atoms with Gasteiger partial charge in [-0.05, 0) is 32.2 Å². The van der Waals surface area contributed by atoms with Crippen LogP contribution in [-0.2, 0) is 5.92 Å². The zero-order chi connectivity index (χ0) is 13.9. The van der Waals surface area contributed by atoms with Crippen molar-refractivity contribution in [3.63, 3.8) is 0 Å². The van der Waals surface area contributed by atoms with Crippen LogP contribution in [0.1, 0.15) is 25.3 Å². The predicted molar refractivity (Wildman–Crippen MR) is 73.1 cm³/mol. The lowest BCUT2D eigenvalue weighted by atomic mass is 9.92. The molecule has 0 saturated carbocycles. The third-order valence-electron chi connectivity index (χ3n) is 3.90. The number of nitrogens with two attached hydrogens (primary N) is 1. The summed E-state index contributed by atoms with van der Waals surface area (Å²) in [6, 6.07) is 8.13. The molecule has 4 heteroatoms. The van der Waals surface area contributed by atoms with E-state index in [9.17, 15) is 8.78 Å². The summed E-state index contributed by atoms with van der Waals surface area (Å²) in [5.74, 6) is -2.46. The average molecular weight is 268 g/mol. The molecule has 19 heavy (non-hydrogen) atoms. The van der Waals surface area contributed by atoms with E-state index in [0.717, 1.165) is 19.4 Å². The second kappa shape index (κ2) is 5.97. The molecule has 0 bridgehead atoms. The molecule has 0 aromatic heterocycles. The van der Waals surface area contributed by atoms with Crippen molar-refractivity contribution in [2.75, 3.05) is 19.6 Å². The summed E-state index contributed by atoms with van der Waals surface area (Å²) in [6.07, 6.45) is 2.00. The van der Waals surface area contributed by atoms with E-state index in [1.807, 2.05) is 11.8 Å². The van der Waals surface area contributed by atoms with Crippen LogP contribution in [0.2, 0.25) is 0 Å². The predicted octanol–water partition coefficient (Wildman–Crippen LogP) is 2.84. The Hall–Kier alpha value is -1.00. The Labute approximate surface area is 113 Å². The van der Waals surface area contributed by atoms with Crippen molar-refractivity contribution in [1.29, 1.82) is 0 Å². The van der Waals surface area contributed by atoms with E-state index in [-0.39, 0.29) is 18.2 Å². The fraction of sp³-hybridized carbons (Fsp3) is 0.600. The number of rotatable bonds is 4. The highest BCUT2D eigenvalue weighted by Gasteiger charge is 2.35. The first-order valence-corrected chi connectivity index (χ1v) is 6.90. The first kappa shape index (κ1) is 14.4. The van der Waals surface area contributed by atoms with Gasteiger partial charge in [-0.25, -0.2) is 0 Å². The highest BCUT2D eigenvalue weighted by atomic mass is 19.3. The minimum Gasteiger partial charge on any atom is -0.328 e. The Morgan fingerprint density at radius 3 is 2.68 bits per heavy atom. The second-order valence-corrected chi connectivity index (χ2v) is 5.57. The van der Waals surface area contributed by atoms with E-state index in [0.29, 0.717) is 12.5 Å². The van der Waals surface area contributed by atoms with Crippen LogP contribution in [0.3, 0.4) is 0 Å². The molecule has 1 heterocycles. The molecule has 1 saturated heterocycles. The standard InChI is InChI=1S/C15H22F2N2/c1-12(18)13-6-5-9-19(10-13)11-15(16,17)14-7-3-2-4-8-14/h2-4,7-8,12-13H,5-6,9-11,18H2,1H3.